The molecule has 2 aromatic rings. The highest BCUT2D eigenvalue weighted by Gasteiger charge is 2.10. The van der Waals surface area contributed by atoms with Gasteiger partial charge in [-0.3, -0.25) is 0 Å². The van der Waals surface area contributed by atoms with E-state index in [1.165, 1.54) is 0 Å². The summed E-state index contributed by atoms with van der Waals surface area (Å²) in [4.78, 5) is 0. The molecule has 4 nitrogen and oxygen atoms in total. The lowest BCUT2D eigenvalue weighted by Gasteiger charge is -2.01. The first-order valence-corrected chi connectivity index (χ1v) is 5.39. The standard InChI is InChI=1S/C12H15N3O/c1-3-4-11-14-15-12(16-11)10-7-9(13)6-5-8(10)2/h5-7H,3-4,13H2,1-2H3. The Morgan fingerprint density at radius 1 is 1.31 bits per heavy atom. The fourth-order valence-corrected chi connectivity index (χ4v) is 1.55. The number of aryl methyl sites for hydroxylation is 2. The number of nitrogen functional groups attached to an aromatic ring is 1. The molecule has 1 aromatic heterocycles. The maximum absolute atomic E-state index is 5.74. The van der Waals surface area contributed by atoms with Gasteiger partial charge in [0.05, 0.1) is 0 Å². The average molecular weight is 217 g/mol. The topological polar surface area (TPSA) is 64.9 Å². The summed E-state index contributed by atoms with van der Waals surface area (Å²) in [5.41, 5.74) is 8.44. The van der Waals surface area contributed by atoms with Crippen molar-refractivity contribution in [3.05, 3.63) is 29.7 Å². The molecule has 0 amide bonds. The van der Waals surface area contributed by atoms with E-state index in [0.717, 1.165) is 24.0 Å². The Balaban J connectivity index is 2.38. The molecule has 0 saturated heterocycles. The summed E-state index contributed by atoms with van der Waals surface area (Å²) in [6, 6.07) is 5.68. The lowest BCUT2D eigenvalue weighted by Crippen LogP contribution is -1.88. The summed E-state index contributed by atoms with van der Waals surface area (Å²) < 4.78 is 5.57. The van der Waals surface area contributed by atoms with Crippen LogP contribution in [0.15, 0.2) is 22.6 Å². The molecule has 0 spiro atoms. The highest BCUT2D eigenvalue weighted by molar-refractivity contribution is 5.63. The Bertz CT molecular complexity index is 491. The number of hydrogen-bond donors (Lipinski definition) is 1. The van der Waals surface area contributed by atoms with E-state index in [-0.39, 0.29) is 0 Å². The first kappa shape index (κ1) is 10.7. The molecule has 0 aliphatic rings. The molecule has 0 aliphatic carbocycles. The van der Waals surface area contributed by atoms with Gasteiger partial charge < -0.3 is 10.2 Å². The van der Waals surface area contributed by atoms with Crippen LogP contribution in [-0.4, -0.2) is 10.2 Å². The van der Waals surface area contributed by atoms with Gasteiger partial charge >= 0.3 is 0 Å². The highest BCUT2D eigenvalue weighted by Crippen LogP contribution is 2.24. The zero-order valence-electron chi connectivity index (χ0n) is 9.53. The molecular weight excluding hydrogens is 202 g/mol. The van der Waals surface area contributed by atoms with E-state index in [1.54, 1.807) is 0 Å². The quantitative estimate of drug-likeness (QED) is 0.802. The van der Waals surface area contributed by atoms with Crippen LogP contribution in [0.4, 0.5) is 5.69 Å². The molecule has 16 heavy (non-hydrogen) atoms. The van der Waals surface area contributed by atoms with Crippen LogP contribution < -0.4 is 5.73 Å². The van der Waals surface area contributed by atoms with Crippen LogP contribution in [0.5, 0.6) is 0 Å². The third-order valence-corrected chi connectivity index (χ3v) is 2.42. The summed E-state index contributed by atoms with van der Waals surface area (Å²) in [5.74, 6) is 1.23. The fraction of sp³-hybridized carbons (Fsp3) is 0.333. The molecule has 1 aromatic carbocycles. The van der Waals surface area contributed by atoms with Gasteiger partial charge in [0.15, 0.2) is 0 Å². The number of anilines is 1. The Hall–Kier alpha value is -1.84. The molecule has 0 saturated carbocycles. The molecule has 0 atom stereocenters. The second kappa shape index (κ2) is 4.35. The second-order valence-electron chi connectivity index (χ2n) is 3.83. The van der Waals surface area contributed by atoms with Crippen LogP contribution in [0.25, 0.3) is 11.5 Å². The first-order valence-electron chi connectivity index (χ1n) is 5.39. The Morgan fingerprint density at radius 2 is 2.12 bits per heavy atom. The lowest BCUT2D eigenvalue weighted by atomic mass is 10.1. The molecular formula is C12H15N3O. The van der Waals surface area contributed by atoms with Crippen molar-refractivity contribution < 1.29 is 4.42 Å². The number of benzene rings is 1. The van der Waals surface area contributed by atoms with Crippen molar-refractivity contribution in [1.82, 2.24) is 10.2 Å². The molecule has 2 N–H and O–H groups in total. The van der Waals surface area contributed by atoms with Gasteiger partial charge in [0, 0.05) is 17.7 Å². The van der Waals surface area contributed by atoms with Gasteiger partial charge in [-0.05, 0) is 31.0 Å². The number of hydrogen-bond acceptors (Lipinski definition) is 4. The van der Waals surface area contributed by atoms with E-state index in [4.69, 9.17) is 10.2 Å². The average Bonchev–Trinajstić information content (AvgIpc) is 2.71. The van der Waals surface area contributed by atoms with Gasteiger partial charge in [-0.1, -0.05) is 13.0 Å². The number of rotatable bonds is 3. The second-order valence-corrected chi connectivity index (χ2v) is 3.83. The van der Waals surface area contributed by atoms with Gasteiger partial charge in [-0.2, -0.15) is 0 Å². The molecule has 0 aliphatic heterocycles. The molecule has 1 heterocycles. The SMILES string of the molecule is CCCc1nnc(-c2cc(N)ccc2C)o1. The van der Waals surface area contributed by atoms with Crippen molar-refractivity contribution in [2.24, 2.45) is 0 Å². The molecule has 0 bridgehead atoms. The van der Waals surface area contributed by atoms with Gasteiger partial charge in [-0.25, -0.2) is 0 Å². The van der Waals surface area contributed by atoms with Gasteiger partial charge in [-0.15, -0.1) is 10.2 Å². The van der Waals surface area contributed by atoms with E-state index in [0.29, 0.717) is 17.5 Å². The summed E-state index contributed by atoms with van der Waals surface area (Å²) >= 11 is 0. The smallest absolute Gasteiger partial charge is 0.248 e. The van der Waals surface area contributed by atoms with Crippen LogP contribution in [-0.2, 0) is 6.42 Å². The van der Waals surface area contributed by atoms with Gasteiger partial charge in [0.1, 0.15) is 0 Å². The summed E-state index contributed by atoms with van der Waals surface area (Å²) in [6.07, 6.45) is 1.81. The van der Waals surface area contributed by atoms with Crippen LogP contribution >= 0.6 is 0 Å². The monoisotopic (exact) mass is 217 g/mol. The van der Waals surface area contributed by atoms with Crippen LogP contribution in [0.1, 0.15) is 24.8 Å². The van der Waals surface area contributed by atoms with Crippen molar-refractivity contribution in [1.29, 1.82) is 0 Å². The zero-order chi connectivity index (χ0) is 11.5. The normalized spacial score (nSPS) is 10.6. The van der Waals surface area contributed by atoms with Crippen molar-refractivity contribution in [3.8, 4) is 11.5 Å². The van der Waals surface area contributed by atoms with Crippen LogP contribution in [0.3, 0.4) is 0 Å². The van der Waals surface area contributed by atoms with Gasteiger partial charge in [0.2, 0.25) is 11.8 Å². The Labute approximate surface area is 94.5 Å². The number of nitrogens with two attached hydrogens (primary N) is 1. The van der Waals surface area contributed by atoms with E-state index in [9.17, 15) is 0 Å². The number of nitrogens with zero attached hydrogens (tertiary/aromatic N) is 2. The minimum atomic E-state index is 0.549. The number of aromatic nitrogens is 2. The zero-order valence-corrected chi connectivity index (χ0v) is 9.53. The van der Waals surface area contributed by atoms with E-state index < -0.39 is 0 Å². The first-order chi connectivity index (χ1) is 7.70. The molecule has 0 fully saturated rings. The minimum absolute atomic E-state index is 0.549. The third-order valence-electron chi connectivity index (χ3n) is 2.42. The van der Waals surface area contributed by atoms with Crippen LogP contribution in [0.2, 0.25) is 0 Å². The van der Waals surface area contributed by atoms with Gasteiger partial charge in [0.25, 0.3) is 0 Å². The van der Waals surface area contributed by atoms with Crippen LogP contribution in [0, 0.1) is 6.92 Å². The molecule has 4 heteroatoms. The minimum Gasteiger partial charge on any atom is -0.421 e. The van der Waals surface area contributed by atoms with Crippen molar-refractivity contribution in [2.75, 3.05) is 5.73 Å². The summed E-state index contributed by atoms with van der Waals surface area (Å²) in [6.45, 7) is 4.08. The predicted octanol–water partition coefficient (Wildman–Crippen LogP) is 2.58. The summed E-state index contributed by atoms with van der Waals surface area (Å²) in [5, 5.41) is 8.03. The Morgan fingerprint density at radius 3 is 2.88 bits per heavy atom. The van der Waals surface area contributed by atoms with Crippen molar-refractivity contribution in [2.45, 2.75) is 26.7 Å². The van der Waals surface area contributed by atoms with Crippen molar-refractivity contribution in [3.63, 3.8) is 0 Å². The third kappa shape index (κ3) is 2.05. The largest absolute Gasteiger partial charge is 0.421 e. The molecule has 0 unspecified atom stereocenters. The highest BCUT2D eigenvalue weighted by atomic mass is 16.4. The lowest BCUT2D eigenvalue weighted by molar-refractivity contribution is 0.502. The van der Waals surface area contributed by atoms with Crippen molar-refractivity contribution >= 4 is 5.69 Å². The maximum atomic E-state index is 5.74. The van der Waals surface area contributed by atoms with E-state index in [2.05, 4.69) is 17.1 Å². The maximum Gasteiger partial charge on any atom is 0.248 e. The van der Waals surface area contributed by atoms with E-state index >= 15 is 0 Å². The fourth-order valence-electron chi connectivity index (χ4n) is 1.55. The molecule has 2 rings (SSSR count). The summed E-state index contributed by atoms with van der Waals surface area (Å²) in [7, 11) is 0. The predicted molar refractivity (Wildman–Crippen MR) is 62.9 cm³/mol. The molecule has 84 valence electrons. The van der Waals surface area contributed by atoms with E-state index in [1.807, 2.05) is 25.1 Å². The molecule has 0 radical (unpaired) electrons. The Kier molecular flexibility index (Phi) is 2.90.